The number of hydrogen-bond donors (Lipinski definition) is 2. The second-order valence-electron chi connectivity index (χ2n) is 3.85. The van der Waals surface area contributed by atoms with Crippen LogP contribution < -0.4 is 10.1 Å². The zero-order valence-electron chi connectivity index (χ0n) is 10.2. The number of carbonyl (C=O) groups is 1. The number of rotatable bonds is 3. The van der Waals surface area contributed by atoms with Gasteiger partial charge in [0, 0.05) is 20.9 Å². The Hall–Kier alpha value is -1.76. The maximum absolute atomic E-state index is 12.0. The number of hydrogen-bond acceptors (Lipinski definition) is 3. The van der Waals surface area contributed by atoms with Crippen molar-refractivity contribution in [2.45, 2.75) is 0 Å². The van der Waals surface area contributed by atoms with E-state index in [-0.39, 0.29) is 11.7 Å². The van der Waals surface area contributed by atoms with Crippen LogP contribution in [-0.2, 0) is 0 Å². The van der Waals surface area contributed by atoms with Crippen molar-refractivity contribution < 1.29 is 14.6 Å². The van der Waals surface area contributed by atoms with E-state index >= 15 is 0 Å². The Labute approximate surface area is 124 Å². The average molecular weight is 369 g/mol. The van der Waals surface area contributed by atoms with Crippen LogP contribution >= 0.6 is 22.6 Å². The van der Waals surface area contributed by atoms with Crippen molar-refractivity contribution in [3.05, 3.63) is 51.6 Å². The maximum Gasteiger partial charge on any atom is 0.255 e. The molecular formula is C14H12INO3. The van der Waals surface area contributed by atoms with E-state index in [9.17, 15) is 9.90 Å². The number of methoxy groups -OCH3 is 1. The molecule has 2 aromatic carbocycles. The highest BCUT2D eigenvalue weighted by atomic mass is 127. The first-order valence-electron chi connectivity index (χ1n) is 5.54. The van der Waals surface area contributed by atoms with Crippen LogP contribution in [-0.4, -0.2) is 18.1 Å². The van der Waals surface area contributed by atoms with Crippen LogP contribution in [0.5, 0.6) is 11.5 Å². The fourth-order valence-electron chi connectivity index (χ4n) is 1.57. The molecule has 0 radical (unpaired) electrons. The van der Waals surface area contributed by atoms with Gasteiger partial charge < -0.3 is 15.2 Å². The molecular weight excluding hydrogens is 357 g/mol. The third kappa shape index (κ3) is 3.37. The molecule has 5 heteroatoms. The second kappa shape index (κ2) is 5.92. The fraction of sp³-hybridized carbons (Fsp3) is 0.0714. The molecule has 2 rings (SSSR count). The molecule has 0 heterocycles. The van der Waals surface area contributed by atoms with Crippen LogP contribution in [0.25, 0.3) is 0 Å². The summed E-state index contributed by atoms with van der Waals surface area (Å²) in [7, 11) is 1.47. The lowest BCUT2D eigenvalue weighted by atomic mass is 10.2. The van der Waals surface area contributed by atoms with Gasteiger partial charge in [-0.2, -0.15) is 0 Å². The normalized spacial score (nSPS) is 10.0. The van der Waals surface area contributed by atoms with Crippen molar-refractivity contribution >= 4 is 34.2 Å². The van der Waals surface area contributed by atoms with Crippen molar-refractivity contribution in [1.82, 2.24) is 0 Å². The summed E-state index contributed by atoms with van der Waals surface area (Å²) in [4.78, 5) is 12.0. The van der Waals surface area contributed by atoms with Crippen molar-refractivity contribution in [3.8, 4) is 11.5 Å². The number of amides is 1. The van der Waals surface area contributed by atoms with Crippen molar-refractivity contribution in [3.63, 3.8) is 0 Å². The van der Waals surface area contributed by atoms with Crippen LogP contribution in [0.2, 0.25) is 0 Å². The largest absolute Gasteiger partial charge is 0.504 e. The van der Waals surface area contributed by atoms with Gasteiger partial charge >= 0.3 is 0 Å². The first-order chi connectivity index (χ1) is 9.10. The highest BCUT2D eigenvalue weighted by molar-refractivity contribution is 14.1. The van der Waals surface area contributed by atoms with Gasteiger partial charge in [0.25, 0.3) is 5.91 Å². The number of halogens is 1. The SMILES string of the molecule is COc1ccc(NC(=O)c2ccc(I)cc2)cc1O. The summed E-state index contributed by atoms with van der Waals surface area (Å²) in [5, 5.41) is 12.3. The van der Waals surface area contributed by atoms with Crippen molar-refractivity contribution in [2.75, 3.05) is 12.4 Å². The highest BCUT2D eigenvalue weighted by Gasteiger charge is 2.08. The van der Waals surface area contributed by atoms with Gasteiger partial charge in [-0.3, -0.25) is 4.79 Å². The van der Waals surface area contributed by atoms with Crippen molar-refractivity contribution in [1.29, 1.82) is 0 Å². The Balaban J connectivity index is 2.14. The lowest BCUT2D eigenvalue weighted by Crippen LogP contribution is -2.11. The fourth-order valence-corrected chi connectivity index (χ4v) is 1.93. The van der Waals surface area contributed by atoms with Gasteiger partial charge in [0.15, 0.2) is 11.5 Å². The number of phenols is 1. The minimum Gasteiger partial charge on any atom is -0.504 e. The molecule has 4 nitrogen and oxygen atoms in total. The Kier molecular flexibility index (Phi) is 4.26. The molecule has 0 aliphatic carbocycles. The molecule has 0 atom stereocenters. The van der Waals surface area contributed by atoms with E-state index in [2.05, 4.69) is 27.9 Å². The molecule has 0 unspecified atom stereocenters. The predicted molar refractivity (Wildman–Crippen MR) is 81.8 cm³/mol. The molecule has 2 aromatic rings. The van der Waals surface area contributed by atoms with E-state index in [1.807, 2.05) is 12.1 Å². The minimum atomic E-state index is -0.221. The predicted octanol–water partition coefficient (Wildman–Crippen LogP) is 3.26. The van der Waals surface area contributed by atoms with Crippen molar-refractivity contribution in [2.24, 2.45) is 0 Å². The molecule has 0 saturated heterocycles. The summed E-state index contributed by atoms with van der Waals surface area (Å²) in [6.45, 7) is 0. The maximum atomic E-state index is 12.0. The van der Waals surface area contributed by atoms with E-state index in [4.69, 9.17) is 4.74 Å². The standard InChI is InChI=1S/C14H12INO3/c1-19-13-7-6-11(8-12(13)17)16-14(18)9-2-4-10(15)5-3-9/h2-8,17H,1H3,(H,16,18). The average Bonchev–Trinajstić information content (AvgIpc) is 2.39. The minimum absolute atomic E-state index is 0.0112. The Morgan fingerprint density at radius 3 is 2.47 bits per heavy atom. The van der Waals surface area contributed by atoms with E-state index in [0.717, 1.165) is 3.57 Å². The molecule has 0 aromatic heterocycles. The first kappa shape index (κ1) is 13.7. The number of anilines is 1. The number of aromatic hydroxyl groups is 1. The monoisotopic (exact) mass is 369 g/mol. The molecule has 0 spiro atoms. The van der Waals surface area contributed by atoms with Gasteiger partial charge in [-0.1, -0.05) is 0 Å². The van der Waals surface area contributed by atoms with Crippen LogP contribution in [0.15, 0.2) is 42.5 Å². The molecule has 0 saturated carbocycles. The molecule has 19 heavy (non-hydrogen) atoms. The highest BCUT2D eigenvalue weighted by Crippen LogP contribution is 2.28. The molecule has 1 amide bonds. The van der Waals surface area contributed by atoms with Gasteiger partial charge in [-0.15, -0.1) is 0 Å². The Morgan fingerprint density at radius 1 is 1.21 bits per heavy atom. The molecule has 0 fully saturated rings. The molecule has 0 bridgehead atoms. The Morgan fingerprint density at radius 2 is 1.89 bits per heavy atom. The number of phenolic OH excluding ortho intramolecular Hbond substituents is 1. The van der Waals surface area contributed by atoms with Crippen LogP contribution in [0.4, 0.5) is 5.69 Å². The van der Waals surface area contributed by atoms with E-state index in [1.165, 1.54) is 13.2 Å². The summed E-state index contributed by atoms with van der Waals surface area (Å²) in [6.07, 6.45) is 0. The van der Waals surface area contributed by atoms with Gasteiger partial charge in [-0.05, 0) is 59.0 Å². The van der Waals surface area contributed by atoms with E-state index in [1.54, 1.807) is 24.3 Å². The molecule has 0 aliphatic heterocycles. The third-order valence-electron chi connectivity index (χ3n) is 2.54. The molecule has 2 N–H and O–H groups in total. The smallest absolute Gasteiger partial charge is 0.255 e. The lowest BCUT2D eigenvalue weighted by Gasteiger charge is -2.08. The van der Waals surface area contributed by atoms with Gasteiger partial charge in [0.1, 0.15) is 0 Å². The first-order valence-corrected chi connectivity index (χ1v) is 6.62. The van der Waals surface area contributed by atoms with E-state index < -0.39 is 0 Å². The van der Waals surface area contributed by atoms with Crippen LogP contribution in [0.1, 0.15) is 10.4 Å². The topological polar surface area (TPSA) is 58.6 Å². The zero-order chi connectivity index (χ0) is 13.8. The van der Waals surface area contributed by atoms with Gasteiger partial charge in [0.2, 0.25) is 0 Å². The third-order valence-corrected chi connectivity index (χ3v) is 3.26. The Bertz CT molecular complexity index is 596. The zero-order valence-corrected chi connectivity index (χ0v) is 12.3. The lowest BCUT2D eigenvalue weighted by molar-refractivity contribution is 0.102. The summed E-state index contributed by atoms with van der Waals surface area (Å²) >= 11 is 2.18. The number of ether oxygens (including phenoxy) is 1. The second-order valence-corrected chi connectivity index (χ2v) is 5.09. The van der Waals surface area contributed by atoms with Crippen LogP contribution in [0.3, 0.4) is 0 Å². The summed E-state index contributed by atoms with van der Waals surface area (Å²) < 4.78 is 6.01. The molecule has 0 aliphatic rings. The summed E-state index contributed by atoms with van der Waals surface area (Å²) in [6, 6.07) is 11.9. The number of benzene rings is 2. The summed E-state index contributed by atoms with van der Waals surface area (Å²) in [5.74, 6) is 0.135. The number of carbonyl (C=O) groups excluding carboxylic acids is 1. The van der Waals surface area contributed by atoms with E-state index in [0.29, 0.717) is 17.0 Å². The quantitative estimate of drug-likeness (QED) is 0.817. The van der Waals surface area contributed by atoms with Gasteiger partial charge in [0.05, 0.1) is 7.11 Å². The molecule has 98 valence electrons. The van der Waals surface area contributed by atoms with Gasteiger partial charge in [-0.25, -0.2) is 0 Å². The number of nitrogens with one attached hydrogen (secondary N) is 1. The summed E-state index contributed by atoms with van der Waals surface area (Å²) in [5.41, 5.74) is 1.08. The van der Waals surface area contributed by atoms with Crippen LogP contribution in [0, 0.1) is 3.57 Å².